The first kappa shape index (κ1) is 13.9. The highest BCUT2D eigenvalue weighted by Gasteiger charge is 2.42. The maximum atomic E-state index is 12.8. The standard InChI is InChI=1S/C15H28N2O/c1-14(2)6-5-10-17(11-9-14)13(18)15(12-16)7-3-4-8-15/h3-12,16H2,1-2H3. The molecule has 3 nitrogen and oxygen atoms in total. The Morgan fingerprint density at radius 3 is 2.33 bits per heavy atom. The van der Waals surface area contributed by atoms with Crippen LogP contribution in [0.4, 0.5) is 0 Å². The number of nitrogens with two attached hydrogens (primary N) is 1. The van der Waals surface area contributed by atoms with Crippen molar-refractivity contribution in [2.75, 3.05) is 19.6 Å². The predicted molar refractivity (Wildman–Crippen MR) is 74.2 cm³/mol. The van der Waals surface area contributed by atoms with E-state index in [9.17, 15) is 4.79 Å². The van der Waals surface area contributed by atoms with Crippen LogP contribution in [0.25, 0.3) is 0 Å². The van der Waals surface area contributed by atoms with Crippen LogP contribution < -0.4 is 5.73 Å². The Hall–Kier alpha value is -0.570. The Morgan fingerprint density at radius 2 is 1.72 bits per heavy atom. The van der Waals surface area contributed by atoms with Crippen LogP contribution in [0.3, 0.4) is 0 Å². The van der Waals surface area contributed by atoms with Gasteiger partial charge in [-0.15, -0.1) is 0 Å². The first-order valence-corrected chi connectivity index (χ1v) is 7.49. The molecule has 0 aromatic carbocycles. The van der Waals surface area contributed by atoms with Gasteiger partial charge in [0.25, 0.3) is 0 Å². The molecule has 2 aliphatic rings. The Kier molecular flexibility index (Phi) is 4.00. The van der Waals surface area contributed by atoms with Crippen molar-refractivity contribution >= 4 is 5.91 Å². The molecule has 1 amide bonds. The molecule has 0 bridgehead atoms. The quantitative estimate of drug-likeness (QED) is 0.821. The van der Waals surface area contributed by atoms with Gasteiger partial charge in [0.2, 0.25) is 5.91 Å². The number of hydrogen-bond acceptors (Lipinski definition) is 2. The molecule has 1 heterocycles. The number of hydrogen-bond donors (Lipinski definition) is 1. The molecule has 2 fully saturated rings. The number of nitrogens with zero attached hydrogens (tertiary/aromatic N) is 1. The molecule has 0 spiro atoms. The monoisotopic (exact) mass is 252 g/mol. The van der Waals surface area contributed by atoms with E-state index in [-0.39, 0.29) is 5.41 Å². The molecule has 0 radical (unpaired) electrons. The Balaban J connectivity index is 2.04. The number of amides is 1. The van der Waals surface area contributed by atoms with E-state index in [1.165, 1.54) is 19.3 Å². The molecule has 0 aromatic heterocycles. The summed E-state index contributed by atoms with van der Waals surface area (Å²) in [6.07, 6.45) is 7.83. The number of likely N-dealkylation sites (tertiary alicyclic amines) is 1. The summed E-state index contributed by atoms with van der Waals surface area (Å²) >= 11 is 0. The fourth-order valence-electron chi connectivity index (χ4n) is 3.52. The minimum Gasteiger partial charge on any atom is -0.342 e. The zero-order chi connectivity index (χ0) is 13.2. The summed E-state index contributed by atoms with van der Waals surface area (Å²) in [4.78, 5) is 14.9. The summed E-state index contributed by atoms with van der Waals surface area (Å²) in [6, 6.07) is 0. The second-order valence-corrected chi connectivity index (χ2v) is 7.00. The molecule has 3 heteroatoms. The van der Waals surface area contributed by atoms with Crippen molar-refractivity contribution < 1.29 is 4.79 Å². The maximum absolute atomic E-state index is 12.8. The van der Waals surface area contributed by atoms with Gasteiger partial charge in [-0.25, -0.2) is 0 Å². The molecule has 0 atom stereocenters. The molecule has 1 saturated carbocycles. The third kappa shape index (κ3) is 2.71. The topological polar surface area (TPSA) is 46.3 Å². The van der Waals surface area contributed by atoms with Crippen LogP contribution in [-0.4, -0.2) is 30.4 Å². The molecule has 0 aromatic rings. The van der Waals surface area contributed by atoms with Crippen LogP contribution in [0.1, 0.15) is 58.8 Å². The van der Waals surface area contributed by atoms with E-state index < -0.39 is 0 Å². The highest BCUT2D eigenvalue weighted by molar-refractivity contribution is 5.83. The largest absolute Gasteiger partial charge is 0.342 e. The van der Waals surface area contributed by atoms with Crippen molar-refractivity contribution in [1.29, 1.82) is 0 Å². The summed E-state index contributed by atoms with van der Waals surface area (Å²) in [5.74, 6) is 0.347. The van der Waals surface area contributed by atoms with E-state index in [1.807, 2.05) is 0 Å². The summed E-state index contributed by atoms with van der Waals surface area (Å²) < 4.78 is 0. The summed E-state index contributed by atoms with van der Waals surface area (Å²) in [6.45, 7) is 7.02. The first-order chi connectivity index (χ1) is 8.49. The van der Waals surface area contributed by atoms with E-state index in [0.717, 1.165) is 38.8 Å². The smallest absolute Gasteiger partial charge is 0.230 e. The molecule has 1 saturated heterocycles. The maximum Gasteiger partial charge on any atom is 0.230 e. The summed E-state index contributed by atoms with van der Waals surface area (Å²) in [5.41, 5.74) is 6.10. The van der Waals surface area contributed by atoms with Crippen molar-refractivity contribution in [3.63, 3.8) is 0 Å². The summed E-state index contributed by atoms with van der Waals surface area (Å²) in [5, 5.41) is 0. The zero-order valence-electron chi connectivity index (χ0n) is 12.0. The van der Waals surface area contributed by atoms with Crippen LogP contribution >= 0.6 is 0 Å². The molecule has 2 N–H and O–H groups in total. The molecule has 2 rings (SSSR count). The SMILES string of the molecule is CC1(C)CCCN(C(=O)C2(CN)CCCC2)CC1. The number of rotatable bonds is 2. The van der Waals surface area contributed by atoms with Gasteiger partial charge in [-0.2, -0.15) is 0 Å². The molecule has 104 valence electrons. The van der Waals surface area contributed by atoms with E-state index >= 15 is 0 Å². The molecule has 1 aliphatic heterocycles. The van der Waals surface area contributed by atoms with Crippen molar-refractivity contribution in [2.24, 2.45) is 16.6 Å². The first-order valence-electron chi connectivity index (χ1n) is 7.49. The molecular formula is C15H28N2O. The van der Waals surface area contributed by atoms with Gasteiger partial charge >= 0.3 is 0 Å². The molecule has 1 aliphatic carbocycles. The highest BCUT2D eigenvalue weighted by atomic mass is 16.2. The minimum atomic E-state index is -0.214. The van der Waals surface area contributed by atoms with Gasteiger partial charge in [-0.1, -0.05) is 26.7 Å². The van der Waals surface area contributed by atoms with E-state index in [1.54, 1.807) is 0 Å². The lowest BCUT2D eigenvalue weighted by atomic mass is 9.84. The predicted octanol–water partition coefficient (Wildman–Crippen LogP) is 2.54. The average molecular weight is 252 g/mol. The van der Waals surface area contributed by atoms with Crippen molar-refractivity contribution in [3.05, 3.63) is 0 Å². The van der Waals surface area contributed by atoms with Gasteiger partial charge in [0.15, 0.2) is 0 Å². The van der Waals surface area contributed by atoms with Crippen molar-refractivity contribution in [1.82, 2.24) is 4.90 Å². The van der Waals surface area contributed by atoms with Gasteiger partial charge in [0, 0.05) is 19.6 Å². The Morgan fingerprint density at radius 1 is 1.06 bits per heavy atom. The van der Waals surface area contributed by atoms with Gasteiger partial charge in [-0.3, -0.25) is 4.79 Å². The van der Waals surface area contributed by atoms with E-state index in [2.05, 4.69) is 18.7 Å². The average Bonchev–Trinajstić information content (AvgIpc) is 2.75. The van der Waals surface area contributed by atoms with Crippen molar-refractivity contribution in [3.8, 4) is 0 Å². The Bertz CT molecular complexity index is 306. The van der Waals surface area contributed by atoms with Gasteiger partial charge in [0.05, 0.1) is 5.41 Å². The van der Waals surface area contributed by atoms with E-state index in [4.69, 9.17) is 5.73 Å². The summed E-state index contributed by atoms with van der Waals surface area (Å²) in [7, 11) is 0. The highest BCUT2D eigenvalue weighted by Crippen LogP contribution is 2.40. The number of carbonyl (C=O) groups excluding carboxylic acids is 1. The normalized spacial score (nSPS) is 26.9. The fraction of sp³-hybridized carbons (Fsp3) is 0.933. The molecular weight excluding hydrogens is 224 g/mol. The third-order valence-corrected chi connectivity index (χ3v) is 5.03. The second-order valence-electron chi connectivity index (χ2n) is 7.00. The lowest BCUT2D eigenvalue weighted by molar-refractivity contribution is -0.141. The van der Waals surface area contributed by atoms with Crippen LogP contribution in [0.5, 0.6) is 0 Å². The lowest BCUT2D eigenvalue weighted by Gasteiger charge is -2.33. The molecule has 18 heavy (non-hydrogen) atoms. The van der Waals surface area contributed by atoms with Crippen LogP contribution in [-0.2, 0) is 4.79 Å². The lowest BCUT2D eigenvalue weighted by Crippen LogP contribution is -2.47. The van der Waals surface area contributed by atoms with Crippen molar-refractivity contribution in [2.45, 2.75) is 58.8 Å². The Labute approximate surface area is 111 Å². The van der Waals surface area contributed by atoms with Gasteiger partial charge in [0.1, 0.15) is 0 Å². The van der Waals surface area contributed by atoms with E-state index in [0.29, 0.717) is 17.9 Å². The van der Waals surface area contributed by atoms with Gasteiger partial charge in [-0.05, 0) is 37.5 Å². The molecule has 0 unspecified atom stereocenters. The van der Waals surface area contributed by atoms with Crippen LogP contribution in [0, 0.1) is 10.8 Å². The zero-order valence-corrected chi connectivity index (χ0v) is 12.0. The van der Waals surface area contributed by atoms with Crippen LogP contribution in [0.15, 0.2) is 0 Å². The van der Waals surface area contributed by atoms with Gasteiger partial charge < -0.3 is 10.6 Å². The second kappa shape index (κ2) is 5.20. The number of carbonyl (C=O) groups is 1. The fourth-order valence-corrected chi connectivity index (χ4v) is 3.52. The minimum absolute atomic E-state index is 0.214. The van der Waals surface area contributed by atoms with Crippen LogP contribution in [0.2, 0.25) is 0 Å². The third-order valence-electron chi connectivity index (χ3n) is 5.03.